The van der Waals surface area contributed by atoms with E-state index >= 15 is 0 Å². The second-order valence-corrected chi connectivity index (χ2v) is 10.6. The summed E-state index contributed by atoms with van der Waals surface area (Å²) in [4.78, 5) is 19.0. The van der Waals surface area contributed by atoms with E-state index in [1.165, 1.54) is 15.6 Å². The summed E-state index contributed by atoms with van der Waals surface area (Å²) >= 11 is 13.4. The summed E-state index contributed by atoms with van der Waals surface area (Å²) in [7, 11) is -1.61. The largest absolute Gasteiger partial charge is 0.337 e. The van der Waals surface area contributed by atoms with E-state index in [0.29, 0.717) is 46.7 Å². The van der Waals surface area contributed by atoms with Crippen LogP contribution in [0.15, 0.2) is 23.6 Å². The summed E-state index contributed by atoms with van der Waals surface area (Å²) in [5, 5.41) is 3.34. The van der Waals surface area contributed by atoms with Crippen LogP contribution in [0.25, 0.3) is 10.6 Å². The molecular weight excluding hydrogens is 441 g/mol. The van der Waals surface area contributed by atoms with E-state index in [0.717, 1.165) is 5.56 Å². The molecule has 0 bridgehead atoms. The number of hydrogen-bond acceptors (Lipinski definition) is 5. The van der Waals surface area contributed by atoms with Gasteiger partial charge >= 0.3 is 0 Å². The van der Waals surface area contributed by atoms with Crippen molar-refractivity contribution in [2.45, 2.75) is 25.8 Å². The standard InChI is InChI=1S/C18H21Cl2N3O3S2/c1-3-28(25,26)22(2)13-6-8-23(9-7-13)18(24)16-11-27-17(21-16)12-4-5-14(19)15(20)10-12/h4-5,10-11,13H,3,6-9H2,1-2H3. The first-order valence-corrected chi connectivity index (χ1v) is 12.1. The highest BCUT2D eigenvalue weighted by atomic mass is 35.5. The predicted molar refractivity (Wildman–Crippen MR) is 114 cm³/mol. The summed E-state index contributed by atoms with van der Waals surface area (Å²) in [6.45, 7) is 2.65. The highest BCUT2D eigenvalue weighted by molar-refractivity contribution is 7.89. The zero-order valence-corrected chi connectivity index (χ0v) is 18.7. The summed E-state index contributed by atoms with van der Waals surface area (Å²) in [5.41, 5.74) is 1.20. The first-order chi connectivity index (χ1) is 13.2. The average Bonchev–Trinajstić information content (AvgIpc) is 3.19. The Labute approximate surface area is 179 Å². The van der Waals surface area contributed by atoms with Crippen molar-refractivity contribution in [1.82, 2.24) is 14.2 Å². The normalized spacial score (nSPS) is 16.0. The molecule has 1 aromatic heterocycles. The van der Waals surface area contributed by atoms with Gasteiger partial charge in [-0.25, -0.2) is 17.7 Å². The lowest BCUT2D eigenvalue weighted by atomic mass is 10.1. The van der Waals surface area contributed by atoms with Gasteiger partial charge in [0.15, 0.2) is 0 Å². The molecule has 0 N–H and O–H groups in total. The van der Waals surface area contributed by atoms with Crippen molar-refractivity contribution in [3.63, 3.8) is 0 Å². The second-order valence-electron chi connectivity index (χ2n) is 6.61. The Morgan fingerprint density at radius 3 is 2.57 bits per heavy atom. The van der Waals surface area contributed by atoms with Crippen LogP contribution in [0.1, 0.15) is 30.3 Å². The highest BCUT2D eigenvalue weighted by Crippen LogP contribution is 2.31. The number of hydrogen-bond donors (Lipinski definition) is 0. The van der Waals surface area contributed by atoms with Gasteiger partial charge in [0.2, 0.25) is 10.0 Å². The number of thiazole rings is 1. The molecule has 1 fully saturated rings. The molecule has 0 saturated carbocycles. The van der Waals surface area contributed by atoms with Crippen molar-refractivity contribution in [3.8, 4) is 10.6 Å². The van der Waals surface area contributed by atoms with Gasteiger partial charge in [0.1, 0.15) is 10.7 Å². The lowest BCUT2D eigenvalue weighted by Crippen LogP contribution is -2.47. The van der Waals surface area contributed by atoms with Crippen LogP contribution in [0.3, 0.4) is 0 Å². The molecule has 2 heterocycles. The molecule has 0 spiro atoms. The molecule has 3 rings (SSSR count). The van der Waals surface area contributed by atoms with E-state index in [2.05, 4.69) is 4.98 Å². The first-order valence-electron chi connectivity index (χ1n) is 8.89. The van der Waals surface area contributed by atoms with Crippen LogP contribution in [0.2, 0.25) is 10.0 Å². The molecule has 1 aliphatic heterocycles. The van der Waals surface area contributed by atoms with Gasteiger partial charge in [-0.3, -0.25) is 4.79 Å². The molecule has 28 heavy (non-hydrogen) atoms. The monoisotopic (exact) mass is 461 g/mol. The fraction of sp³-hybridized carbons (Fsp3) is 0.444. The molecular formula is C18H21Cl2N3O3S2. The third-order valence-electron chi connectivity index (χ3n) is 4.96. The van der Waals surface area contributed by atoms with Crippen LogP contribution in [0.4, 0.5) is 0 Å². The maximum Gasteiger partial charge on any atom is 0.273 e. The van der Waals surface area contributed by atoms with E-state index in [4.69, 9.17) is 23.2 Å². The second kappa shape index (κ2) is 8.67. The predicted octanol–water partition coefficient (Wildman–Crippen LogP) is 4.00. The Morgan fingerprint density at radius 1 is 1.29 bits per heavy atom. The molecule has 0 aliphatic carbocycles. The van der Waals surface area contributed by atoms with Gasteiger partial charge in [-0.15, -0.1) is 11.3 Å². The van der Waals surface area contributed by atoms with Crippen LogP contribution >= 0.6 is 34.5 Å². The van der Waals surface area contributed by atoms with Gasteiger partial charge in [0.05, 0.1) is 15.8 Å². The number of nitrogens with zero attached hydrogens (tertiary/aromatic N) is 3. The molecule has 6 nitrogen and oxygen atoms in total. The van der Waals surface area contributed by atoms with Crippen LogP contribution in [0.5, 0.6) is 0 Å². The number of rotatable bonds is 5. The topological polar surface area (TPSA) is 70.6 Å². The number of sulfonamides is 1. The lowest BCUT2D eigenvalue weighted by molar-refractivity contribution is 0.0681. The third-order valence-corrected chi connectivity index (χ3v) is 8.50. The van der Waals surface area contributed by atoms with Gasteiger partial charge in [-0.1, -0.05) is 29.3 Å². The summed E-state index contributed by atoms with van der Waals surface area (Å²) in [6, 6.07) is 5.17. The Balaban J connectivity index is 1.66. The van der Waals surface area contributed by atoms with Crippen molar-refractivity contribution in [1.29, 1.82) is 0 Å². The maximum atomic E-state index is 12.8. The smallest absolute Gasteiger partial charge is 0.273 e. The molecule has 0 atom stereocenters. The van der Waals surface area contributed by atoms with Gasteiger partial charge in [0, 0.05) is 37.1 Å². The first kappa shape index (κ1) is 21.5. The number of halogens is 2. The fourth-order valence-corrected chi connectivity index (χ4v) is 5.32. The molecule has 1 aliphatic rings. The Morgan fingerprint density at radius 2 is 1.96 bits per heavy atom. The number of carbonyl (C=O) groups is 1. The molecule has 0 radical (unpaired) electrons. The Kier molecular flexibility index (Phi) is 6.66. The summed E-state index contributed by atoms with van der Waals surface area (Å²) < 4.78 is 25.5. The van der Waals surface area contributed by atoms with E-state index in [1.54, 1.807) is 36.4 Å². The number of carbonyl (C=O) groups excluding carboxylic acids is 1. The van der Waals surface area contributed by atoms with Crippen LogP contribution < -0.4 is 0 Å². The number of aromatic nitrogens is 1. The van der Waals surface area contributed by atoms with Gasteiger partial charge in [-0.2, -0.15) is 0 Å². The maximum absolute atomic E-state index is 12.8. The lowest BCUT2D eigenvalue weighted by Gasteiger charge is -2.35. The molecule has 152 valence electrons. The van der Waals surface area contributed by atoms with E-state index in [1.807, 2.05) is 6.07 Å². The van der Waals surface area contributed by atoms with Crippen molar-refractivity contribution in [2.75, 3.05) is 25.9 Å². The zero-order valence-electron chi connectivity index (χ0n) is 15.6. The highest BCUT2D eigenvalue weighted by Gasteiger charge is 2.31. The fourth-order valence-electron chi connectivity index (χ4n) is 3.16. The average molecular weight is 462 g/mol. The number of amides is 1. The quantitative estimate of drug-likeness (QED) is 0.674. The number of likely N-dealkylation sites (tertiary alicyclic amines) is 1. The Bertz CT molecular complexity index is 970. The van der Waals surface area contributed by atoms with Crippen molar-refractivity contribution >= 4 is 50.5 Å². The van der Waals surface area contributed by atoms with Crippen molar-refractivity contribution in [3.05, 3.63) is 39.3 Å². The third kappa shape index (κ3) is 4.52. The van der Waals surface area contributed by atoms with E-state index in [-0.39, 0.29) is 17.7 Å². The Hall–Kier alpha value is -1.19. The molecule has 10 heteroatoms. The molecule has 1 saturated heterocycles. The van der Waals surface area contributed by atoms with Crippen molar-refractivity contribution in [2.24, 2.45) is 0 Å². The number of piperidine rings is 1. The van der Waals surface area contributed by atoms with Gasteiger partial charge in [-0.05, 0) is 31.9 Å². The van der Waals surface area contributed by atoms with Crippen LogP contribution in [-0.2, 0) is 10.0 Å². The SMILES string of the molecule is CCS(=O)(=O)N(C)C1CCN(C(=O)c2csc(-c3ccc(Cl)c(Cl)c3)n2)CC1. The van der Waals surface area contributed by atoms with Crippen LogP contribution in [0, 0.1) is 0 Å². The van der Waals surface area contributed by atoms with E-state index in [9.17, 15) is 13.2 Å². The van der Waals surface area contributed by atoms with Gasteiger partial charge in [0.25, 0.3) is 5.91 Å². The summed E-state index contributed by atoms with van der Waals surface area (Å²) in [6.07, 6.45) is 1.23. The zero-order chi connectivity index (χ0) is 20.5. The van der Waals surface area contributed by atoms with Crippen molar-refractivity contribution < 1.29 is 13.2 Å². The molecule has 2 aromatic rings. The number of benzene rings is 1. The molecule has 1 aromatic carbocycles. The minimum atomic E-state index is -3.22. The molecule has 0 unspecified atom stereocenters. The minimum absolute atomic E-state index is 0.0730. The van der Waals surface area contributed by atoms with Gasteiger partial charge < -0.3 is 4.90 Å². The van der Waals surface area contributed by atoms with Crippen LogP contribution in [-0.4, -0.2) is 60.4 Å². The van der Waals surface area contributed by atoms with E-state index < -0.39 is 10.0 Å². The molecule has 1 amide bonds. The minimum Gasteiger partial charge on any atom is -0.337 e. The summed E-state index contributed by atoms with van der Waals surface area (Å²) in [5.74, 6) is -0.0547.